The van der Waals surface area contributed by atoms with E-state index in [-0.39, 0.29) is 29.4 Å². The number of aromatic nitrogens is 2. The second-order valence-corrected chi connectivity index (χ2v) is 10.7. The van der Waals surface area contributed by atoms with Gasteiger partial charge in [0, 0.05) is 31.5 Å². The van der Waals surface area contributed by atoms with E-state index in [1.165, 1.54) is 28.7 Å². The number of ether oxygens (including phenoxy) is 1. The molecule has 2 aliphatic rings. The van der Waals surface area contributed by atoms with Gasteiger partial charge in [-0.15, -0.1) is 10.2 Å². The van der Waals surface area contributed by atoms with Crippen molar-refractivity contribution in [2.75, 3.05) is 25.4 Å². The number of carbonyl (C=O) groups is 2. The largest absolute Gasteiger partial charge is 0.375 e. The summed E-state index contributed by atoms with van der Waals surface area (Å²) < 4.78 is 7.14. The van der Waals surface area contributed by atoms with Crippen molar-refractivity contribution in [3.8, 4) is 0 Å². The number of nitrogens with one attached hydrogen (secondary N) is 1. The maximum atomic E-state index is 12.9. The van der Waals surface area contributed by atoms with E-state index in [9.17, 15) is 9.59 Å². The maximum Gasteiger partial charge on any atom is 0.233 e. The molecule has 1 saturated heterocycles. The summed E-state index contributed by atoms with van der Waals surface area (Å²) in [7, 11) is 0. The summed E-state index contributed by atoms with van der Waals surface area (Å²) in [4.78, 5) is 27.1. The number of carbonyl (C=O) groups excluding carboxylic acids is 2. The molecule has 1 spiro atoms. The van der Waals surface area contributed by atoms with Crippen LogP contribution in [-0.4, -0.2) is 58.5 Å². The molecule has 0 unspecified atom stereocenters. The van der Waals surface area contributed by atoms with Crippen molar-refractivity contribution < 1.29 is 14.3 Å². The van der Waals surface area contributed by atoms with Crippen molar-refractivity contribution in [1.82, 2.24) is 20.4 Å². The van der Waals surface area contributed by atoms with Crippen LogP contribution in [0, 0.1) is 6.92 Å². The van der Waals surface area contributed by atoms with Crippen LogP contribution in [0.3, 0.4) is 0 Å². The van der Waals surface area contributed by atoms with Gasteiger partial charge in [-0.3, -0.25) is 9.59 Å². The Morgan fingerprint density at radius 1 is 1.25 bits per heavy atom. The summed E-state index contributed by atoms with van der Waals surface area (Å²) in [5.74, 6) is 0.540. The summed E-state index contributed by atoms with van der Waals surface area (Å²) in [6, 6.07) is 8.21. The second kappa shape index (κ2) is 9.89. The smallest absolute Gasteiger partial charge is 0.233 e. The number of rotatable bonds is 7. The molecule has 1 fully saturated rings. The van der Waals surface area contributed by atoms with Crippen LogP contribution in [0.15, 0.2) is 28.6 Å². The summed E-state index contributed by atoms with van der Waals surface area (Å²) in [5.41, 5.74) is 2.21. The minimum Gasteiger partial charge on any atom is -0.375 e. The van der Waals surface area contributed by atoms with Gasteiger partial charge in [-0.2, -0.15) is 0 Å². The zero-order chi connectivity index (χ0) is 22.7. The highest BCUT2D eigenvalue weighted by Gasteiger charge is 2.54. The Labute approximate surface area is 197 Å². The van der Waals surface area contributed by atoms with E-state index in [2.05, 4.69) is 33.7 Å². The Balaban J connectivity index is 1.50. The van der Waals surface area contributed by atoms with Crippen molar-refractivity contribution in [2.45, 2.75) is 61.9 Å². The van der Waals surface area contributed by atoms with E-state index in [1.54, 1.807) is 0 Å². The average Bonchev–Trinajstić information content (AvgIpc) is 3.33. The first-order valence-electron chi connectivity index (χ1n) is 11.2. The van der Waals surface area contributed by atoms with Crippen LogP contribution >= 0.6 is 23.1 Å². The van der Waals surface area contributed by atoms with Crippen LogP contribution in [0.2, 0.25) is 0 Å². The number of fused-ring (bicyclic) bond motifs is 2. The fourth-order valence-electron chi connectivity index (χ4n) is 4.98. The van der Waals surface area contributed by atoms with Gasteiger partial charge < -0.3 is 15.0 Å². The third-order valence-electron chi connectivity index (χ3n) is 6.50. The number of benzene rings is 1. The lowest BCUT2D eigenvalue weighted by atomic mass is 9.72. The molecule has 1 aliphatic carbocycles. The highest BCUT2D eigenvalue weighted by molar-refractivity contribution is 8.01. The lowest BCUT2D eigenvalue weighted by Gasteiger charge is -2.44. The van der Waals surface area contributed by atoms with Gasteiger partial charge in [-0.25, -0.2) is 0 Å². The normalized spacial score (nSPS) is 21.5. The minimum absolute atomic E-state index is 0.0307. The van der Waals surface area contributed by atoms with E-state index in [1.807, 2.05) is 31.7 Å². The first kappa shape index (κ1) is 23.2. The molecule has 1 aromatic carbocycles. The number of amides is 2. The van der Waals surface area contributed by atoms with Gasteiger partial charge in [0.25, 0.3) is 0 Å². The fraction of sp³-hybridized carbons (Fsp3) is 0.565. The predicted octanol–water partition coefficient (Wildman–Crippen LogP) is 3.49. The number of thioether (sulfide) groups is 1. The molecule has 2 heterocycles. The quantitative estimate of drug-likeness (QED) is 0.619. The maximum absolute atomic E-state index is 12.9. The minimum atomic E-state index is -0.196. The van der Waals surface area contributed by atoms with Gasteiger partial charge >= 0.3 is 0 Å². The van der Waals surface area contributed by atoms with Crippen LogP contribution in [0.5, 0.6) is 0 Å². The molecule has 1 aromatic heterocycles. The number of nitrogens with zero attached hydrogens (tertiary/aromatic N) is 3. The number of piperidine rings is 1. The second-order valence-electron chi connectivity index (χ2n) is 8.27. The Kier molecular flexibility index (Phi) is 7.17. The Morgan fingerprint density at radius 2 is 2.00 bits per heavy atom. The number of hydrogen-bond donors (Lipinski definition) is 1. The molecule has 0 saturated carbocycles. The van der Waals surface area contributed by atoms with Gasteiger partial charge in [0.05, 0.1) is 17.9 Å². The summed E-state index contributed by atoms with van der Waals surface area (Å²) in [5, 5.41) is 12.2. The molecular formula is C23H30N4O3S2. The third-order valence-corrected chi connectivity index (χ3v) is 8.46. The first-order valence-corrected chi connectivity index (χ1v) is 13.0. The van der Waals surface area contributed by atoms with Crippen molar-refractivity contribution in [3.63, 3.8) is 0 Å². The lowest BCUT2D eigenvalue weighted by Crippen LogP contribution is -2.52. The van der Waals surface area contributed by atoms with E-state index in [0.29, 0.717) is 31.9 Å². The van der Waals surface area contributed by atoms with Gasteiger partial charge in [0.1, 0.15) is 5.01 Å². The topological polar surface area (TPSA) is 84.4 Å². The molecule has 1 aliphatic heterocycles. The molecule has 32 heavy (non-hydrogen) atoms. The van der Waals surface area contributed by atoms with E-state index < -0.39 is 0 Å². The SMILES string of the molecule is CCO[C@H]1[C@H](NC(=O)CC)c2ccccc2C12CCN(C(=O)CSc1nnc(C)s1)CC2. The molecule has 7 nitrogen and oxygen atoms in total. The van der Waals surface area contributed by atoms with E-state index >= 15 is 0 Å². The summed E-state index contributed by atoms with van der Waals surface area (Å²) in [6.07, 6.45) is 1.96. The molecule has 172 valence electrons. The zero-order valence-electron chi connectivity index (χ0n) is 18.8. The highest BCUT2D eigenvalue weighted by Crippen LogP contribution is 2.52. The summed E-state index contributed by atoms with van der Waals surface area (Å²) in [6.45, 7) is 7.73. The first-order chi connectivity index (χ1) is 15.5. The molecule has 0 radical (unpaired) electrons. The number of likely N-dealkylation sites (tertiary alicyclic amines) is 1. The Bertz CT molecular complexity index is 972. The molecular weight excluding hydrogens is 444 g/mol. The standard InChI is InChI=1S/C23H30N4O3S2/c1-4-18(28)24-20-16-8-6-7-9-17(16)23(21(20)30-5-2)10-12-27(13-11-23)19(29)14-31-22-26-25-15(3)32-22/h6-9,20-21H,4-5,10-14H2,1-3H3,(H,24,28)/t20-,21+/m1/s1. The molecule has 2 aromatic rings. The lowest BCUT2D eigenvalue weighted by molar-refractivity contribution is -0.131. The van der Waals surface area contributed by atoms with E-state index in [0.717, 1.165) is 27.8 Å². The molecule has 1 N–H and O–H groups in total. The molecule has 2 atom stereocenters. The van der Waals surface area contributed by atoms with E-state index in [4.69, 9.17) is 4.74 Å². The Morgan fingerprint density at radius 3 is 2.66 bits per heavy atom. The fourth-order valence-corrected chi connectivity index (χ4v) is 6.70. The summed E-state index contributed by atoms with van der Waals surface area (Å²) >= 11 is 2.97. The van der Waals surface area contributed by atoms with Crippen LogP contribution in [0.4, 0.5) is 0 Å². The van der Waals surface area contributed by atoms with Gasteiger partial charge in [-0.05, 0) is 37.8 Å². The van der Waals surface area contributed by atoms with Crippen molar-refractivity contribution in [2.24, 2.45) is 0 Å². The van der Waals surface area contributed by atoms with Crippen LogP contribution < -0.4 is 5.32 Å². The average molecular weight is 475 g/mol. The zero-order valence-corrected chi connectivity index (χ0v) is 20.4. The third kappa shape index (κ3) is 4.43. The van der Waals surface area contributed by atoms with Crippen LogP contribution in [-0.2, 0) is 19.7 Å². The molecule has 4 rings (SSSR count). The van der Waals surface area contributed by atoms with Crippen molar-refractivity contribution >= 4 is 34.9 Å². The monoisotopic (exact) mass is 474 g/mol. The molecule has 9 heteroatoms. The Hall–Kier alpha value is -1.97. The van der Waals surface area contributed by atoms with Gasteiger partial charge in [0.15, 0.2) is 4.34 Å². The van der Waals surface area contributed by atoms with Crippen LogP contribution in [0.25, 0.3) is 0 Å². The van der Waals surface area contributed by atoms with Gasteiger partial charge in [0.2, 0.25) is 11.8 Å². The predicted molar refractivity (Wildman–Crippen MR) is 126 cm³/mol. The van der Waals surface area contributed by atoms with Crippen molar-refractivity contribution in [1.29, 1.82) is 0 Å². The molecule has 0 bridgehead atoms. The number of aryl methyl sites for hydroxylation is 1. The highest BCUT2D eigenvalue weighted by atomic mass is 32.2. The van der Waals surface area contributed by atoms with Crippen molar-refractivity contribution in [3.05, 3.63) is 40.4 Å². The van der Waals surface area contributed by atoms with Crippen LogP contribution in [0.1, 0.15) is 55.3 Å². The van der Waals surface area contributed by atoms with Gasteiger partial charge in [-0.1, -0.05) is 54.3 Å². The number of hydrogen-bond acceptors (Lipinski definition) is 7. The molecule has 2 amide bonds.